The van der Waals surface area contributed by atoms with E-state index in [1.54, 1.807) is 19.3 Å². The molecule has 0 N–H and O–H groups in total. The summed E-state index contributed by atoms with van der Waals surface area (Å²) in [4.78, 5) is 10.5. The second-order valence-corrected chi connectivity index (χ2v) is 3.07. The minimum absolute atomic E-state index is 0.366. The molecule has 0 aliphatic heterocycles. The van der Waals surface area contributed by atoms with E-state index < -0.39 is 5.60 Å². The van der Waals surface area contributed by atoms with Crippen LogP contribution in [0.1, 0.15) is 6.42 Å². The van der Waals surface area contributed by atoms with Crippen LogP contribution in [0.15, 0.2) is 23.8 Å². The molecule has 2 nitrogen and oxygen atoms in total. The number of methoxy groups -OCH3 is 1. The van der Waals surface area contributed by atoms with Gasteiger partial charge in [0.1, 0.15) is 11.9 Å². The summed E-state index contributed by atoms with van der Waals surface area (Å²) in [7, 11) is 1.60. The number of carbonyl (C=O) groups excluding carboxylic acids is 1. The smallest absolute Gasteiger partial charge is 0.146 e. The Morgan fingerprint density at radius 2 is 2.58 bits per heavy atom. The van der Waals surface area contributed by atoms with Gasteiger partial charge >= 0.3 is 0 Å². The Labute approximate surface area is 76.9 Å². The van der Waals surface area contributed by atoms with Gasteiger partial charge in [0.2, 0.25) is 0 Å². The van der Waals surface area contributed by atoms with Crippen molar-refractivity contribution in [2.75, 3.05) is 13.0 Å². The van der Waals surface area contributed by atoms with Crippen LogP contribution in [0.25, 0.3) is 0 Å². The molecule has 1 atom stereocenters. The van der Waals surface area contributed by atoms with Gasteiger partial charge in [-0.1, -0.05) is 18.2 Å². The summed E-state index contributed by atoms with van der Waals surface area (Å²) in [6.45, 7) is 0. The predicted molar refractivity (Wildman–Crippen MR) is 48.4 cm³/mol. The zero-order chi connectivity index (χ0) is 9.03. The predicted octanol–water partition coefficient (Wildman–Crippen LogP) is 1.70. The molecule has 1 aliphatic rings. The van der Waals surface area contributed by atoms with Gasteiger partial charge < -0.3 is 4.74 Å². The van der Waals surface area contributed by atoms with Gasteiger partial charge in [0.05, 0.1) is 5.88 Å². The van der Waals surface area contributed by atoms with Crippen molar-refractivity contribution >= 4 is 17.9 Å². The molecule has 0 radical (unpaired) electrons. The van der Waals surface area contributed by atoms with Crippen LogP contribution in [0.3, 0.4) is 0 Å². The van der Waals surface area contributed by atoms with E-state index in [2.05, 4.69) is 0 Å². The Bertz CT molecular complexity index is 227. The molecule has 0 saturated carbocycles. The zero-order valence-corrected chi connectivity index (χ0v) is 7.67. The molecular weight excluding hydrogens is 176 g/mol. The van der Waals surface area contributed by atoms with E-state index in [0.717, 1.165) is 11.9 Å². The van der Waals surface area contributed by atoms with Crippen LogP contribution in [0.4, 0.5) is 0 Å². The molecule has 0 aromatic rings. The maximum absolute atomic E-state index is 10.5. The average Bonchev–Trinajstić information content (AvgIpc) is 2.18. The van der Waals surface area contributed by atoms with Gasteiger partial charge in [0.15, 0.2) is 0 Å². The lowest BCUT2D eigenvalue weighted by Gasteiger charge is -2.28. The molecule has 0 fully saturated rings. The Hall–Kier alpha value is -0.600. The van der Waals surface area contributed by atoms with E-state index in [4.69, 9.17) is 16.3 Å². The SMILES string of the molecule is COC1(CCl)C=CC=C(C=O)C1. The normalized spacial score (nSPS) is 28.3. The van der Waals surface area contributed by atoms with Crippen molar-refractivity contribution in [3.8, 4) is 0 Å². The van der Waals surface area contributed by atoms with E-state index in [9.17, 15) is 4.79 Å². The first-order chi connectivity index (χ1) is 5.76. The Morgan fingerprint density at radius 3 is 3.08 bits per heavy atom. The van der Waals surface area contributed by atoms with Crippen LogP contribution in [0.5, 0.6) is 0 Å². The molecule has 12 heavy (non-hydrogen) atoms. The lowest BCUT2D eigenvalue weighted by molar-refractivity contribution is -0.105. The summed E-state index contributed by atoms with van der Waals surface area (Å²) < 4.78 is 5.24. The Balaban J connectivity index is 2.80. The van der Waals surface area contributed by atoms with Crippen LogP contribution < -0.4 is 0 Å². The fourth-order valence-electron chi connectivity index (χ4n) is 1.18. The summed E-state index contributed by atoms with van der Waals surface area (Å²) >= 11 is 5.74. The first kappa shape index (κ1) is 9.49. The molecule has 1 unspecified atom stereocenters. The molecular formula is C9H11ClO2. The number of hydrogen-bond donors (Lipinski definition) is 0. The van der Waals surface area contributed by atoms with Gasteiger partial charge in [0.25, 0.3) is 0 Å². The van der Waals surface area contributed by atoms with Gasteiger partial charge in [0, 0.05) is 13.5 Å². The number of alkyl halides is 1. The number of rotatable bonds is 3. The van der Waals surface area contributed by atoms with Crippen molar-refractivity contribution in [3.63, 3.8) is 0 Å². The number of halogens is 1. The van der Waals surface area contributed by atoms with Crippen LogP contribution in [0, 0.1) is 0 Å². The lowest BCUT2D eigenvalue weighted by atomic mass is 9.92. The average molecular weight is 187 g/mol. The van der Waals surface area contributed by atoms with Gasteiger partial charge in [-0.05, 0) is 5.57 Å². The van der Waals surface area contributed by atoms with E-state index in [0.29, 0.717) is 12.3 Å². The number of hydrogen-bond acceptors (Lipinski definition) is 2. The van der Waals surface area contributed by atoms with Gasteiger partial charge in [-0.3, -0.25) is 4.79 Å². The van der Waals surface area contributed by atoms with E-state index >= 15 is 0 Å². The highest BCUT2D eigenvalue weighted by Crippen LogP contribution is 2.26. The van der Waals surface area contributed by atoms with Gasteiger partial charge in [-0.15, -0.1) is 11.6 Å². The summed E-state index contributed by atoms with van der Waals surface area (Å²) in [6, 6.07) is 0. The van der Waals surface area contributed by atoms with Gasteiger partial charge in [-0.25, -0.2) is 0 Å². The largest absolute Gasteiger partial charge is 0.373 e. The van der Waals surface area contributed by atoms with E-state index in [-0.39, 0.29) is 0 Å². The molecule has 0 aromatic heterocycles. The first-order valence-corrected chi connectivity index (χ1v) is 4.24. The molecule has 0 spiro atoms. The van der Waals surface area contributed by atoms with Crippen LogP contribution >= 0.6 is 11.6 Å². The molecule has 0 saturated heterocycles. The van der Waals surface area contributed by atoms with Crippen molar-refractivity contribution in [2.45, 2.75) is 12.0 Å². The molecule has 0 aromatic carbocycles. The standard InChI is InChI=1S/C9H11ClO2/c1-12-9(7-10)4-2-3-8(5-9)6-11/h2-4,6H,5,7H2,1H3. The number of carbonyl (C=O) groups is 1. The quantitative estimate of drug-likeness (QED) is 0.496. The second kappa shape index (κ2) is 3.87. The second-order valence-electron chi connectivity index (χ2n) is 2.80. The highest BCUT2D eigenvalue weighted by molar-refractivity contribution is 6.18. The molecule has 0 bridgehead atoms. The molecule has 0 heterocycles. The third kappa shape index (κ3) is 1.76. The summed E-state index contributed by atoms with van der Waals surface area (Å²) in [6.07, 6.45) is 6.86. The third-order valence-electron chi connectivity index (χ3n) is 2.00. The summed E-state index contributed by atoms with van der Waals surface area (Å²) in [5, 5.41) is 0. The highest BCUT2D eigenvalue weighted by atomic mass is 35.5. The Morgan fingerprint density at radius 1 is 1.83 bits per heavy atom. The number of ether oxygens (including phenoxy) is 1. The van der Waals surface area contributed by atoms with Crippen molar-refractivity contribution < 1.29 is 9.53 Å². The van der Waals surface area contributed by atoms with Crippen LogP contribution in [-0.4, -0.2) is 24.9 Å². The first-order valence-electron chi connectivity index (χ1n) is 3.71. The van der Waals surface area contributed by atoms with Crippen LogP contribution in [0.2, 0.25) is 0 Å². The topological polar surface area (TPSA) is 26.3 Å². The zero-order valence-electron chi connectivity index (χ0n) is 6.92. The molecule has 0 amide bonds. The molecule has 1 rings (SSSR count). The van der Waals surface area contributed by atoms with E-state index in [1.165, 1.54) is 0 Å². The van der Waals surface area contributed by atoms with Crippen molar-refractivity contribution in [1.82, 2.24) is 0 Å². The number of allylic oxidation sites excluding steroid dienone is 2. The fraction of sp³-hybridized carbons (Fsp3) is 0.444. The fourth-order valence-corrected chi connectivity index (χ4v) is 1.47. The summed E-state index contributed by atoms with van der Waals surface area (Å²) in [5.41, 5.74) is 0.243. The molecule has 1 aliphatic carbocycles. The maximum atomic E-state index is 10.5. The Kier molecular flexibility index (Phi) is 3.06. The lowest BCUT2D eigenvalue weighted by Crippen LogP contribution is -2.33. The van der Waals surface area contributed by atoms with Crippen molar-refractivity contribution in [3.05, 3.63) is 23.8 Å². The van der Waals surface area contributed by atoms with Crippen LogP contribution in [-0.2, 0) is 9.53 Å². The van der Waals surface area contributed by atoms with E-state index in [1.807, 2.05) is 6.08 Å². The highest BCUT2D eigenvalue weighted by Gasteiger charge is 2.28. The molecule has 3 heteroatoms. The van der Waals surface area contributed by atoms with Gasteiger partial charge in [-0.2, -0.15) is 0 Å². The third-order valence-corrected chi connectivity index (χ3v) is 2.45. The number of aldehydes is 1. The monoisotopic (exact) mass is 186 g/mol. The minimum atomic E-state index is -0.480. The maximum Gasteiger partial charge on any atom is 0.146 e. The van der Waals surface area contributed by atoms with Crippen molar-refractivity contribution in [1.29, 1.82) is 0 Å². The molecule has 66 valence electrons. The summed E-state index contributed by atoms with van der Waals surface area (Å²) in [5.74, 6) is 0.366. The van der Waals surface area contributed by atoms with Crippen molar-refractivity contribution in [2.24, 2.45) is 0 Å². The minimum Gasteiger partial charge on any atom is -0.373 e.